The van der Waals surface area contributed by atoms with Gasteiger partial charge >= 0.3 is 0 Å². The van der Waals surface area contributed by atoms with Crippen LogP contribution in [0.5, 0.6) is 0 Å². The van der Waals surface area contributed by atoms with Crippen molar-refractivity contribution in [1.82, 2.24) is 25.0 Å². The molecule has 7 nitrogen and oxygen atoms in total. The molecular formula is C13H12N6O. The maximum atomic E-state index is 12.2. The van der Waals surface area contributed by atoms with Gasteiger partial charge in [0.05, 0.1) is 23.1 Å². The highest BCUT2D eigenvalue weighted by atomic mass is 16.1. The second-order valence-corrected chi connectivity index (χ2v) is 4.22. The lowest BCUT2D eigenvalue weighted by atomic mass is 10.2. The number of benzene rings is 1. The molecule has 0 aliphatic carbocycles. The summed E-state index contributed by atoms with van der Waals surface area (Å²) in [6.07, 6.45) is 4.52. The third kappa shape index (κ3) is 2.16. The van der Waals surface area contributed by atoms with E-state index in [1.165, 1.54) is 12.5 Å². The van der Waals surface area contributed by atoms with E-state index in [0.29, 0.717) is 11.3 Å². The van der Waals surface area contributed by atoms with Gasteiger partial charge in [0.1, 0.15) is 12.7 Å². The molecule has 2 heterocycles. The van der Waals surface area contributed by atoms with Gasteiger partial charge in [0, 0.05) is 5.69 Å². The molecule has 20 heavy (non-hydrogen) atoms. The molecule has 3 aromatic rings. The second-order valence-electron chi connectivity index (χ2n) is 4.22. The summed E-state index contributed by atoms with van der Waals surface area (Å²) in [5.41, 5.74) is 2.64. The number of nitrogens with zero attached hydrogens (tertiary/aromatic N) is 4. The molecule has 0 saturated carbocycles. The summed E-state index contributed by atoms with van der Waals surface area (Å²) < 4.78 is 1.60. The van der Waals surface area contributed by atoms with Crippen molar-refractivity contribution in [2.24, 2.45) is 0 Å². The molecule has 100 valence electrons. The zero-order valence-corrected chi connectivity index (χ0v) is 10.7. The summed E-state index contributed by atoms with van der Waals surface area (Å²) >= 11 is 0. The lowest BCUT2D eigenvalue weighted by molar-refractivity contribution is 0.102. The van der Waals surface area contributed by atoms with Crippen LogP contribution in [0.2, 0.25) is 0 Å². The number of carbonyl (C=O) groups is 1. The van der Waals surface area contributed by atoms with Crippen LogP contribution in [0.4, 0.5) is 5.69 Å². The van der Waals surface area contributed by atoms with Crippen LogP contribution >= 0.6 is 0 Å². The Balaban J connectivity index is 1.92. The highest BCUT2D eigenvalue weighted by Crippen LogP contribution is 2.19. The van der Waals surface area contributed by atoms with Gasteiger partial charge in [-0.15, -0.1) is 0 Å². The van der Waals surface area contributed by atoms with Gasteiger partial charge in [0.2, 0.25) is 0 Å². The third-order valence-corrected chi connectivity index (χ3v) is 2.89. The topological polar surface area (TPSA) is 88.5 Å². The summed E-state index contributed by atoms with van der Waals surface area (Å²) in [6, 6.07) is 7.38. The molecule has 0 aliphatic heterocycles. The second kappa shape index (κ2) is 4.96. The molecule has 0 aliphatic rings. The number of nitrogens with one attached hydrogen (secondary N) is 2. The van der Waals surface area contributed by atoms with Gasteiger partial charge in [-0.2, -0.15) is 10.2 Å². The molecule has 1 aromatic carbocycles. The van der Waals surface area contributed by atoms with E-state index in [4.69, 9.17) is 0 Å². The Hall–Kier alpha value is -2.96. The van der Waals surface area contributed by atoms with Crippen molar-refractivity contribution in [3.63, 3.8) is 0 Å². The minimum atomic E-state index is -0.219. The summed E-state index contributed by atoms with van der Waals surface area (Å²) in [4.78, 5) is 16.1. The summed E-state index contributed by atoms with van der Waals surface area (Å²) in [7, 11) is 0. The smallest absolute Gasteiger partial charge is 0.259 e. The van der Waals surface area contributed by atoms with E-state index in [0.717, 1.165) is 11.4 Å². The highest BCUT2D eigenvalue weighted by Gasteiger charge is 2.13. The van der Waals surface area contributed by atoms with Crippen LogP contribution in [0.25, 0.3) is 5.69 Å². The van der Waals surface area contributed by atoms with Crippen molar-refractivity contribution in [3.8, 4) is 5.69 Å². The fourth-order valence-electron chi connectivity index (χ4n) is 1.88. The van der Waals surface area contributed by atoms with Crippen molar-refractivity contribution < 1.29 is 4.79 Å². The van der Waals surface area contributed by atoms with Crippen molar-refractivity contribution in [3.05, 3.63) is 54.4 Å². The lowest BCUT2D eigenvalue weighted by Crippen LogP contribution is -2.14. The molecule has 0 fully saturated rings. The van der Waals surface area contributed by atoms with Gasteiger partial charge in [-0.3, -0.25) is 9.89 Å². The Kier molecular flexibility index (Phi) is 3.00. The molecule has 1 amide bonds. The standard InChI is InChI=1S/C13H12N6O/c1-9-10(6-15-18-9)13(20)17-11-4-2-3-5-12(11)19-8-14-7-16-19/h2-8H,1H3,(H,15,18)(H,17,20). The van der Waals surface area contributed by atoms with Gasteiger partial charge in [-0.1, -0.05) is 12.1 Å². The van der Waals surface area contributed by atoms with E-state index in [1.54, 1.807) is 17.9 Å². The van der Waals surface area contributed by atoms with E-state index < -0.39 is 0 Å². The molecule has 0 bridgehead atoms. The van der Waals surface area contributed by atoms with Gasteiger partial charge in [0.25, 0.3) is 5.91 Å². The lowest BCUT2D eigenvalue weighted by Gasteiger charge is -2.10. The molecule has 0 spiro atoms. The van der Waals surface area contributed by atoms with E-state index >= 15 is 0 Å². The van der Waals surface area contributed by atoms with E-state index in [2.05, 4.69) is 25.6 Å². The number of aromatic nitrogens is 5. The number of carbonyl (C=O) groups excluding carboxylic acids is 1. The molecule has 0 saturated heterocycles. The number of para-hydroxylation sites is 2. The number of H-pyrrole nitrogens is 1. The van der Waals surface area contributed by atoms with Crippen molar-refractivity contribution >= 4 is 11.6 Å². The van der Waals surface area contributed by atoms with Crippen LogP contribution in [0.1, 0.15) is 16.1 Å². The fraction of sp³-hybridized carbons (Fsp3) is 0.0769. The number of hydrogen-bond donors (Lipinski definition) is 2. The Morgan fingerprint density at radius 1 is 1.35 bits per heavy atom. The van der Waals surface area contributed by atoms with Crippen LogP contribution in [0.3, 0.4) is 0 Å². The van der Waals surface area contributed by atoms with Crippen molar-refractivity contribution in [2.75, 3.05) is 5.32 Å². The molecule has 2 N–H and O–H groups in total. The molecular weight excluding hydrogens is 256 g/mol. The Morgan fingerprint density at radius 2 is 2.20 bits per heavy atom. The normalized spacial score (nSPS) is 10.4. The molecule has 2 aromatic heterocycles. The minimum absolute atomic E-state index is 0.219. The molecule has 3 rings (SSSR count). The number of aryl methyl sites for hydroxylation is 1. The minimum Gasteiger partial charge on any atom is -0.320 e. The molecule has 0 unspecified atom stereocenters. The van der Waals surface area contributed by atoms with Crippen molar-refractivity contribution in [2.45, 2.75) is 6.92 Å². The summed E-state index contributed by atoms with van der Waals surface area (Å²) in [6.45, 7) is 1.80. The first-order chi connectivity index (χ1) is 9.75. The average Bonchev–Trinajstić information content (AvgIpc) is 3.10. The first kappa shape index (κ1) is 12.1. The first-order valence-corrected chi connectivity index (χ1v) is 6.01. The van der Waals surface area contributed by atoms with E-state index in [1.807, 2.05) is 24.3 Å². The summed E-state index contributed by atoms with van der Waals surface area (Å²) in [5.74, 6) is -0.219. The van der Waals surface area contributed by atoms with E-state index in [9.17, 15) is 4.79 Å². The zero-order chi connectivity index (χ0) is 13.9. The molecule has 0 atom stereocenters. The zero-order valence-electron chi connectivity index (χ0n) is 10.7. The maximum absolute atomic E-state index is 12.2. The third-order valence-electron chi connectivity index (χ3n) is 2.89. The number of aromatic amines is 1. The number of anilines is 1. The number of hydrogen-bond acceptors (Lipinski definition) is 4. The van der Waals surface area contributed by atoms with E-state index in [-0.39, 0.29) is 5.91 Å². The van der Waals surface area contributed by atoms with Crippen molar-refractivity contribution in [1.29, 1.82) is 0 Å². The van der Waals surface area contributed by atoms with Gasteiger partial charge in [0.15, 0.2) is 0 Å². The monoisotopic (exact) mass is 268 g/mol. The largest absolute Gasteiger partial charge is 0.320 e. The Labute approximate surface area is 114 Å². The summed E-state index contributed by atoms with van der Waals surface area (Å²) in [5, 5.41) is 13.5. The first-order valence-electron chi connectivity index (χ1n) is 6.01. The Bertz CT molecular complexity index is 731. The van der Waals surface area contributed by atoms with Crippen LogP contribution in [-0.2, 0) is 0 Å². The maximum Gasteiger partial charge on any atom is 0.259 e. The SMILES string of the molecule is Cc1[nH]ncc1C(=O)Nc1ccccc1-n1cncn1. The molecule has 7 heteroatoms. The predicted molar refractivity (Wildman–Crippen MR) is 72.6 cm³/mol. The van der Waals surface area contributed by atoms with Gasteiger partial charge in [-0.25, -0.2) is 9.67 Å². The van der Waals surface area contributed by atoms with Crippen LogP contribution in [-0.4, -0.2) is 30.9 Å². The fourth-order valence-corrected chi connectivity index (χ4v) is 1.88. The predicted octanol–water partition coefficient (Wildman–Crippen LogP) is 1.55. The average molecular weight is 268 g/mol. The van der Waals surface area contributed by atoms with Gasteiger partial charge in [-0.05, 0) is 19.1 Å². The molecule has 0 radical (unpaired) electrons. The van der Waals surface area contributed by atoms with Gasteiger partial charge < -0.3 is 5.32 Å². The Morgan fingerprint density at radius 3 is 2.90 bits per heavy atom. The van der Waals surface area contributed by atoms with Crippen LogP contribution < -0.4 is 5.32 Å². The quantitative estimate of drug-likeness (QED) is 0.754. The number of amides is 1. The van der Waals surface area contributed by atoms with Crippen LogP contribution in [0.15, 0.2) is 43.1 Å². The number of rotatable bonds is 3. The highest BCUT2D eigenvalue weighted by molar-refractivity contribution is 6.05. The van der Waals surface area contributed by atoms with Crippen LogP contribution in [0, 0.1) is 6.92 Å².